The molecule has 0 unspecified atom stereocenters. The van der Waals surface area contributed by atoms with Crippen molar-refractivity contribution < 1.29 is 52.5 Å². The number of phenols is 2. The number of phenolic OH excluding ortho intramolecular Hbond substituents is 2. The first-order valence-electron chi connectivity index (χ1n) is 9.40. The molecular weight excluding hydrogens is 498 g/mol. The van der Waals surface area contributed by atoms with Gasteiger partial charge in [-0.2, -0.15) is 8.42 Å². The van der Waals surface area contributed by atoms with Crippen molar-refractivity contribution in [1.29, 1.82) is 0 Å². The Kier molecular flexibility index (Phi) is 6.53. The highest BCUT2D eigenvalue weighted by molar-refractivity contribution is 7.88. The van der Waals surface area contributed by atoms with Gasteiger partial charge in [-0.15, -0.1) is 0 Å². The molecule has 18 nitrogen and oxygen atoms in total. The van der Waals surface area contributed by atoms with Crippen molar-refractivity contribution in [2.45, 2.75) is 6.04 Å². The van der Waals surface area contributed by atoms with E-state index in [4.69, 9.17) is 5.11 Å². The van der Waals surface area contributed by atoms with E-state index in [1.165, 1.54) is 9.44 Å². The maximum Gasteiger partial charge on any atom is 0.405 e. The Bertz CT molecular complexity index is 1230. The van der Waals surface area contributed by atoms with Gasteiger partial charge >= 0.3 is 34.4 Å². The molecule has 2 heterocycles. The largest absolute Gasteiger partial charge is 0.504 e. The van der Waals surface area contributed by atoms with Crippen LogP contribution in [0.5, 0.6) is 11.5 Å². The molecule has 7 N–H and O–H groups in total. The Morgan fingerprint density at radius 3 is 2.14 bits per heavy atom. The van der Waals surface area contributed by atoms with Crippen LogP contribution in [-0.4, -0.2) is 100 Å². The number of rotatable bonds is 5. The van der Waals surface area contributed by atoms with E-state index in [2.05, 4.69) is 5.43 Å². The predicted octanol–water partition coefficient (Wildman–Crippen LogP) is -2.38. The van der Waals surface area contributed by atoms with E-state index in [9.17, 15) is 47.4 Å². The standard InChI is InChI=1S/C16H17N7O11S/c24-9-2-1-7(5-10(9)25)11(26)18-23-4-3-21(16(23)32)13(28)19-35(33,34)20-14(29)22-6-8(12(22)27)17-15(30)31/h1-2,5,8,17,24-25H,3-4,6H2,(H,18,26)(H,19,28)(H,20,29)(H,30,31)/t8-/m0/s1. The lowest BCUT2D eigenvalue weighted by molar-refractivity contribution is -0.138. The normalized spacial score (nSPS) is 17.5. The van der Waals surface area contributed by atoms with Crippen LogP contribution in [0.15, 0.2) is 18.2 Å². The van der Waals surface area contributed by atoms with E-state index in [1.54, 1.807) is 0 Å². The summed E-state index contributed by atoms with van der Waals surface area (Å²) in [7, 11) is -4.90. The van der Waals surface area contributed by atoms with Crippen LogP contribution in [0.25, 0.3) is 0 Å². The first-order chi connectivity index (χ1) is 16.3. The van der Waals surface area contributed by atoms with Crippen LogP contribution in [0.3, 0.4) is 0 Å². The van der Waals surface area contributed by atoms with Gasteiger partial charge in [0.25, 0.3) is 11.8 Å². The smallest absolute Gasteiger partial charge is 0.405 e. The summed E-state index contributed by atoms with van der Waals surface area (Å²) in [6, 6.07) is -2.19. The minimum Gasteiger partial charge on any atom is -0.504 e. The van der Waals surface area contributed by atoms with Gasteiger partial charge in [-0.05, 0) is 18.2 Å². The minimum absolute atomic E-state index is 0.136. The average molecular weight is 515 g/mol. The van der Waals surface area contributed by atoms with Crippen LogP contribution in [0.2, 0.25) is 0 Å². The lowest BCUT2D eigenvalue weighted by Crippen LogP contribution is -2.67. The maximum atomic E-state index is 12.4. The number of benzene rings is 1. The molecule has 1 aromatic carbocycles. The fraction of sp³-hybridized carbons (Fsp3) is 0.250. The molecule has 35 heavy (non-hydrogen) atoms. The van der Waals surface area contributed by atoms with Crippen LogP contribution >= 0.6 is 0 Å². The third kappa shape index (κ3) is 5.40. The Morgan fingerprint density at radius 2 is 1.57 bits per heavy atom. The van der Waals surface area contributed by atoms with Crippen molar-refractivity contribution in [3.05, 3.63) is 23.8 Å². The molecule has 19 heteroatoms. The number of carbonyl (C=O) groups excluding carboxylic acids is 5. The Morgan fingerprint density at radius 1 is 0.943 bits per heavy atom. The van der Waals surface area contributed by atoms with Crippen molar-refractivity contribution in [3.63, 3.8) is 0 Å². The molecule has 0 bridgehead atoms. The second-order valence-corrected chi connectivity index (χ2v) is 8.41. The van der Waals surface area contributed by atoms with E-state index < -0.39 is 70.3 Å². The number of hydrogen-bond donors (Lipinski definition) is 7. The molecule has 0 radical (unpaired) electrons. The first-order valence-corrected chi connectivity index (χ1v) is 10.9. The molecule has 0 aromatic heterocycles. The summed E-state index contributed by atoms with van der Waals surface area (Å²) in [4.78, 5) is 71.7. The number of hydrogen-bond acceptors (Lipinski definition) is 10. The summed E-state index contributed by atoms with van der Waals surface area (Å²) >= 11 is 0. The zero-order chi connectivity index (χ0) is 26.1. The van der Waals surface area contributed by atoms with E-state index in [0.717, 1.165) is 18.2 Å². The highest BCUT2D eigenvalue weighted by Gasteiger charge is 2.43. The number of carbonyl (C=O) groups is 6. The van der Waals surface area contributed by atoms with Gasteiger partial charge in [0.05, 0.1) is 19.6 Å². The molecule has 1 aromatic rings. The van der Waals surface area contributed by atoms with Crippen LogP contribution in [0, 0.1) is 0 Å². The van der Waals surface area contributed by atoms with Crippen LogP contribution < -0.4 is 20.2 Å². The number of hydrazine groups is 1. The molecule has 2 saturated heterocycles. The first kappa shape index (κ1) is 24.8. The second kappa shape index (κ2) is 9.21. The van der Waals surface area contributed by atoms with Gasteiger partial charge in [0.15, 0.2) is 11.5 Å². The van der Waals surface area contributed by atoms with Crippen molar-refractivity contribution in [2.24, 2.45) is 0 Å². The molecule has 2 aliphatic rings. The molecule has 3 rings (SSSR count). The molecule has 9 amide bonds. The minimum atomic E-state index is -4.90. The summed E-state index contributed by atoms with van der Waals surface area (Å²) in [5, 5.41) is 29.8. The topological polar surface area (TPSA) is 255 Å². The quantitative estimate of drug-likeness (QED) is 0.161. The third-order valence-corrected chi connectivity index (χ3v) is 5.53. The molecular formula is C16H17N7O11S. The molecule has 0 spiro atoms. The number of nitrogens with zero attached hydrogens (tertiary/aromatic N) is 3. The lowest BCUT2D eigenvalue weighted by atomic mass is 10.1. The van der Waals surface area contributed by atoms with E-state index in [-0.39, 0.29) is 18.7 Å². The van der Waals surface area contributed by atoms with Gasteiger partial charge in [0.1, 0.15) is 6.04 Å². The van der Waals surface area contributed by atoms with Crippen molar-refractivity contribution in [2.75, 3.05) is 19.6 Å². The number of urea groups is 3. The zero-order valence-electron chi connectivity index (χ0n) is 17.3. The fourth-order valence-corrected chi connectivity index (χ4v) is 3.64. The summed E-state index contributed by atoms with van der Waals surface area (Å²) in [6.07, 6.45) is -1.52. The monoisotopic (exact) mass is 515 g/mol. The van der Waals surface area contributed by atoms with Crippen molar-refractivity contribution in [3.8, 4) is 11.5 Å². The van der Waals surface area contributed by atoms with Gasteiger partial charge in [-0.1, -0.05) is 0 Å². The van der Waals surface area contributed by atoms with Gasteiger partial charge in [0, 0.05) is 5.56 Å². The summed E-state index contributed by atoms with van der Waals surface area (Å²) < 4.78 is 26.9. The lowest BCUT2D eigenvalue weighted by Gasteiger charge is -2.35. The van der Waals surface area contributed by atoms with Gasteiger partial charge in [0.2, 0.25) is 0 Å². The molecule has 0 aliphatic carbocycles. The summed E-state index contributed by atoms with van der Waals surface area (Å²) in [5.74, 6) is -2.97. The average Bonchev–Trinajstić information content (AvgIpc) is 3.11. The van der Waals surface area contributed by atoms with E-state index in [1.807, 2.05) is 5.32 Å². The number of aromatic hydroxyl groups is 2. The number of amides is 9. The third-order valence-electron chi connectivity index (χ3n) is 4.64. The van der Waals surface area contributed by atoms with Gasteiger partial charge < -0.3 is 20.6 Å². The van der Waals surface area contributed by atoms with E-state index in [0.29, 0.717) is 14.8 Å². The summed E-state index contributed by atoms with van der Waals surface area (Å²) in [5.41, 5.74) is 2.01. The predicted molar refractivity (Wildman–Crippen MR) is 109 cm³/mol. The van der Waals surface area contributed by atoms with Crippen LogP contribution in [-0.2, 0) is 15.0 Å². The molecule has 0 saturated carbocycles. The zero-order valence-corrected chi connectivity index (χ0v) is 18.1. The van der Waals surface area contributed by atoms with E-state index >= 15 is 0 Å². The maximum absolute atomic E-state index is 12.4. The SMILES string of the molecule is O=C(O)N[C@H]1CN(C(=O)NS(=O)(=O)NC(=O)N2CCN(NC(=O)c3ccc(O)c(O)c3)C2=O)C1=O. The highest BCUT2D eigenvalue weighted by Crippen LogP contribution is 2.24. The summed E-state index contributed by atoms with van der Waals surface area (Å²) in [6.45, 7) is -1.05. The second-order valence-electron chi connectivity index (χ2n) is 7.00. The molecule has 1 atom stereocenters. The fourth-order valence-electron chi connectivity index (χ4n) is 2.91. The highest BCUT2D eigenvalue weighted by atomic mass is 32.2. The number of carboxylic acid groups (broad SMARTS) is 1. The number of nitrogens with one attached hydrogen (secondary N) is 4. The van der Waals surface area contributed by atoms with Crippen molar-refractivity contribution >= 4 is 46.2 Å². The Balaban J connectivity index is 1.54. The number of likely N-dealkylation sites (tertiary alicyclic amines) is 1. The van der Waals surface area contributed by atoms with Gasteiger partial charge in [-0.25, -0.2) is 38.5 Å². The molecule has 2 fully saturated rings. The van der Waals surface area contributed by atoms with Crippen molar-refractivity contribution in [1.82, 2.24) is 35.0 Å². The number of β-lactam (4-membered cyclic amide) rings is 1. The van der Waals surface area contributed by atoms with Crippen LogP contribution in [0.1, 0.15) is 10.4 Å². The molecule has 188 valence electrons. The van der Waals surface area contributed by atoms with Gasteiger partial charge in [-0.3, -0.25) is 19.9 Å². The molecule has 2 aliphatic heterocycles. The number of imide groups is 2. The van der Waals surface area contributed by atoms with Crippen LogP contribution in [0.4, 0.5) is 19.2 Å². The Labute approximate surface area is 195 Å². The Hall–Kier alpha value is -4.81.